The Morgan fingerprint density at radius 3 is 2.24 bits per heavy atom. The maximum Gasteiger partial charge on any atom is 0.0595 e. The zero-order valence-electron chi connectivity index (χ0n) is 11.5. The summed E-state index contributed by atoms with van der Waals surface area (Å²) in [5.74, 6) is 0. The van der Waals surface area contributed by atoms with E-state index in [9.17, 15) is 0 Å². The van der Waals surface area contributed by atoms with E-state index in [1.54, 1.807) is 6.07 Å². The fraction of sp³-hybridized carbons (Fsp3) is 0.250. The average molecular weight is 363 g/mol. The van der Waals surface area contributed by atoms with Gasteiger partial charge in [0.05, 0.1) is 10.0 Å². The Bertz CT molecular complexity index is 628. The molecule has 2 aromatic rings. The minimum absolute atomic E-state index is 0.234. The standard InChI is InChI=1S/C16H15Cl4N/c1-21-13(6-10-2-4-15(19)16(20)7-10)9-11-8-12(17)3-5-14(11)18/h2-5,7-8,13,21H,6,9H2,1H3. The van der Waals surface area contributed by atoms with E-state index in [1.165, 1.54) is 0 Å². The number of rotatable bonds is 5. The molecule has 0 saturated carbocycles. The molecule has 21 heavy (non-hydrogen) atoms. The molecular formula is C16H15Cl4N. The van der Waals surface area contributed by atoms with Gasteiger partial charge >= 0.3 is 0 Å². The number of hydrogen-bond acceptors (Lipinski definition) is 1. The predicted molar refractivity (Wildman–Crippen MR) is 93.2 cm³/mol. The fourth-order valence-corrected chi connectivity index (χ4v) is 2.90. The molecule has 1 nitrogen and oxygen atoms in total. The van der Waals surface area contributed by atoms with Crippen LogP contribution in [0.15, 0.2) is 36.4 Å². The average Bonchev–Trinajstić information content (AvgIpc) is 2.46. The van der Waals surface area contributed by atoms with Crippen LogP contribution in [0.3, 0.4) is 0 Å². The largest absolute Gasteiger partial charge is 0.316 e. The summed E-state index contributed by atoms with van der Waals surface area (Å²) in [6.07, 6.45) is 1.62. The minimum Gasteiger partial charge on any atom is -0.316 e. The molecule has 2 aromatic carbocycles. The van der Waals surface area contributed by atoms with Crippen molar-refractivity contribution in [2.24, 2.45) is 0 Å². The summed E-state index contributed by atoms with van der Waals surface area (Å²) in [4.78, 5) is 0. The molecule has 1 N–H and O–H groups in total. The lowest BCUT2D eigenvalue weighted by Gasteiger charge is -2.17. The van der Waals surface area contributed by atoms with E-state index in [0.29, 0.717) is 15.1 Å². The van der Waals surface area contributed by atoms with E-state index >= 15 is 0 Å². The van der Waals surface area contributed by atoms with Crippen LogP contribution in [0, 0.1) is 0 Å². The first-order valence-corrected chi connectivity index (χ1v) is 8.06. The summed E-state index contributed by atoms with van der Waals surface area (Å²) >= 11 is 24.2. The normalized spacial score (nSPS) is 12.4. The Hall–Kier alpha value is -0.440. The van der Waals surface area contributed by atoms with Crippen molar-refractivity contribution in [3.05, 3.63) is 67.6 Å². The molecule has 2 rings (SSSR count). The van der Waals surface area contributed by atoms with Crippen molar-refractivity contribution in [2.75, 3.05) is 7.05 Å². The Morgan fingerprint density at radius 2 is 1.57 bits per heavy atom. The van der Waals surface area contributed by atoms with E-state index in [4.69, 9.17) is 46.4 Å². The molecule has 0 aliphatic carbocycles. The van der Waals surface area contributed by atoms with Crippen LogP contribution in [-0.4, -0.2) is 13.1 Å². The van der Waals surface area contributed by atoms with Crippen LogP contribution in [-0.2, 0) is 12.8 Å². The third-order valence-corrected chi connectivity index (χ3v) is 4.69. The zero-order valence-corrected chi connectivity index (χ0v) is 14.5. The SMILES string of the molecule is CNC(Cc1ccc(Cl)c(Cl)c1)Cc1cc(Cl)ccc1Cl. The van der Waals surface area contributed by atoms with E-state index in [1.807, 2.05) is 37.4 Å². The highest BCUT2D eigenvalue weighted by molar-refractivity contribution is 6.42. The van der Waals surface area contributed by atoms with Crippen LogP contribution in [0.1, 0.15) is 11.1 Å². The first-order valence-electron chi connectivity index (χ1n) is 6.54. The molecule has 1 atom stereocenters. The molecule has 0 bridgehead atoms. The number of hydrogen-bond donors (Lipinski definition) is 1. The number of benzene rings is 2. The van der Waals surface area contributed by atoms with E-state index in [0.717, 1.165) is 29.0 Å². The van der Waals surface area contributed by atoms with Crippen molar-refractivity contribution >= 4 is 46.4 Å². The second-order valence-corrected chi connectivity index (χ2v) is 6.54. The summed E-state index contributed by atoms with van der Waals surface area (Å²) in [5, 5.41) is 5.87. The molecule has 0 fully saturated rings. The Balaban J connectivity index is 2.12. The number of halogens is 4. The van der Waals surface area contributed by atoms with E-state index in [-0.39, 0.29) is 6.04 Å². The topological polar surface area (TPSA) is 12.0 Å². The summed E-state index contributed by atoms with van der Waals surface area (Å²) in [5.41, 5.74) is 2.16. The molecule has 0 radical (unpaired) electrons. The van der Waals surface area contributed by atoms with Gasteiger partial charge in [-0.15, -0.1) is 0 Å². The number of likely N-dealkylation sites (N-methyl/N-ethyl adjacent to an activating group) is 1. The van der Waals surface area contributed by atoms with Crippen molar-refractivity contribution in [2.45, 2.75) is 18.9 Å². The summed E-state index contributed by atoms with van der Waals surface area (Å²) in [7, 11) is 1.93. The Labute approximate surface area is 145 Å². The molecule has 5 heteroatoms. The smallest absolute Gasteiger partial charge is 0.0595 e. The van der Waals surface area contributed by atoms with Gasteiger partial charge in [-0.1, -0.05) is 52.5 Å². The highest BCUT2D eigenvalue weighted by Gasteiger charge is 2.12. The van der Waals surface area contributed by atoms with Gasteiger partial charge < -0.3 is 5.32 Å². The lowest BCUT2D eigenvalue weighted by Crippen LogP contribution is -2.30. The highest BCUT2D eigenvalue weighted by Crippen LogP contribution is 2.25. The van der Waals surface area contributed by atoms with Crippen LogP contribution in [0.2, 0.25) is 20.1 Å². The Kier molecular flexibility index (Phi) is 6.21. The van der Waals surface area contributed by atoms with Gasteiger partial charge in [-0.05, 0) is 61.3 Å². The van der Waals surface area contributed by atoms with Gasteiger partial charge in [-0.25, -0.2) is 0 Å². The molecule has 0 aliphatic rings. The molecule has 112 valence electrons. The summed E-state index contributed by atoms with van der Waals surface area (Å²) in [6, 6.07) is 11.5. The van der Waals surface area contributed by atoms with Gasteiger partial charge in [-0.3, -0.25) is 0 Å². The molecule has 1 unspecified atom stereocenters. The second kappa shape index (κ2) is 7.71. The van der Waals surface area contributed by atoms with Gasteiger partial charge in [0, 0.05) is 16.1 Å². The zero-order chi connectivity index (χ0) is 15.4. The van der Waals surface area contributed by atoms with E-state index < -0.39 is 0 Å². The molecule has 0 heterocycles. The van der Waals surface area contributed by atoms with Gasteiger partial charge in [-0.2, -0.15) is 0 Å². The monoisotopic (exact) mass is 361 g/mol. The fourth-order valence-electron chi connectivity index (χ4n) is 2.19. The van der Waals surface area contributed by atoms with Gasteiger partial charge in [0.1, 0.15) is 0 Å². The molecular weight excluding hydrogens is 348 g/mol. The lowest BCUT2D eigenvalue weighted by atomic mass is 9.99. The van der Waals surface area contributed by atoms with Gasteiger partial charge in [0.15, 0.2) is 0 Å². The van der Waals surface area contributed by atoms with Crippen molar-refractivity contribution in [3.63, 3.8) is 0 Å². The number of nitrogens with one attached hydrogen (secondary N) is 1. The van der Waals surface area contributed by atoms with Crippen LogP contribution < -0.4 is 5.32 Å². The third kappa shape index (κ3) is 4.77. The predicted octanol–water partition coefficient (Wildman–Crippen LogP) is 5.67. The van der Waals surface area contributed by atoms with Gasteiger partial charge in [0.2, 0.25) is 0 Å². The van der Waals surface area contributed by atoms with Gasteiger partial charge in [0.25, 0.3) is 0 Å². The molecule has 0 aliphatic heterocycles. The molecule has 0 spiro atoms. The van der Waals surface area contributed by atoms with Crippen LogP contribution in [0.5, 0.6) is 0 Å². The quantitative estimate of drug-likeness (QED) is 0.722. The van der Waals surface area contributed by atoms with Crippen LogP contribution >= 0.6 is 46.4 Å². The summed E-state index contributed by atoms with van der Waals surface area (Å²) in [6.45, 7) is 0. The maximum absolute atomic E-state index is 6.22. The summed E-state index contributed by atoms with van der Waals surface area (Å²) < 4.78 is 0. The molecule has 0 amide bonds. The van der Waals surface area contributed by atoms with E-state index in [2.05, 4.69) is 5.32 Å². The molecule has 0 aromatic heterocycles. The third-order valence-electron chi connectivity index (χ3n) is 3.35. The van der Waals surface area contributed by atoms with Crippen molar-refractivity contribution in [1.82, 2.24) is 5.32 Å². The first-order chi connectivity index (χ1) is 9.99. The maximum atomic E-state index is 6.22. The lowest BCUT2D eigenvalue weighted by molar-refractivity contribution is 0.556. The molecule has 0 saturated heterocycles. The highest BCUT2D eigenvalue weighted by atomic mass is 35.5. The first kappa shape index (κ1) is 16.9. The van der Waals surface area contributed by atoms with Crippen LogP contribution in [0.25, 0.3) is 0 Å². The van der Waals surface area contributed by atoms with Crippen molar-refractivity contribution in [3.8, 4) is 0 Å². The minimum atomic E-state index is 0.234. The van der Waals surface area contributed by atoms with Crippen molar-refractivity contribution < 1.29 is 0 Å². The Morgan fingerprint density at radius 1 is 0.857 bits per heavy atom. The second-order valence-electron chi connectivity index (χ2n) is 4.88. The van der Waals surface area contributed by atoms with Crippen molar-refractivity contribution in [1.29, 1.82) is 0 Å². The van der Waals surface area contributed by atoms with Crippen LogP contribution in [0.4, 0.5) is 0 Å².